The Bertz CT molecular complexity index is 412. The summed E-state index contributed by atoms with van der Waals surface area (Å²) in [7, 11) is 0. The van der Waals surface area contributed by atoms with E-state index in [2.05, 4.69) is 11.3 Å². The van der Waals surface area contributed by atoms with Crippen LogP contribution in [0.25, 0.3) is 0 Å². The zero-order chi connectivity index (χ0) is 14.4. The molecule has 1 atom stereocenters. The van der Waals surface area contributed by atoms with E-state index >= 15 is 0 Å². The summed E-state index contributed by atoms with van der Waals surface area (Å²) in [6.07, 6.45) is -11.6. The van der Waals surface area contributed by atoms with Gasteiger partial charge in [-0.05, 0) is 0 Å². The second kappa shape index (κ2) is 3.97. The molecule has 1 heterocycles. The van der Waals surface area contributed by atoms with Crippen LogP contribution in [0.5, 0.6) is 0 Å². The normalized spacial score (nSPS) is 25.9. The molecule has 0 aliphatic carbocycles. The minimum absolute atomic E-state index is 0.523. The van der Waals surface area contributed by atoms with Crippen LogP contribution in [0.3, 0.4) is 0 Å². The van der Waals surface area contributed by atoms with Crippen LogP contribution in [-0.4, -0.2) is 36.4 Å². The number of carbonyl (C=O) groups excluding carboxylic acids is 2. The van der Waals surface area contributed by atoms with Crippen molar-refractivity contribution >= 4 is 11.7 Å². The standard InChI is InChI=1S/C8H5F6NO3/c1-3-2-18-6(8(12,13)14,15-4(3)16)5(17)7(9,10)11/h1-2H2,(H,15,16). The fraction of sp³-hybridized carbons (Fsp3) is 0.500. The number of nitrogens with one attached hydrogen (secondary N) is 1. The number of hydrogen-bond donors (Lipinski definition) is 1. The van der Waals surface area contributed by atoms with Crippen LogP contribution < -0.4 is 5.32 Å². The van der Waals surface area contributed by atoms with E-state index in [0.717, 1.165) is 5.32 Å². The highest BCUT2D eigenvalue weighted by Gasteiger charge is 2.70. The van der Waals surface area contributed by atoms with Crippen LogP contribution >= 0.6 is 0 Å². The summed E-state index contributed by atoms with van der Waals surface area (Å²) in [5, 5.41) is 0.871. The lowest BCUT2D eigenvalue weighted by molar-refractivity contribution is -0.291. The van der Waals surface area contributed by atoms with Gasteiger partial charge in [-0.3, -0.25) is 9.59 Å². The summed E-state index contributed by atoms with van der Waals surface area (Å²) in [6.45, 7) is 1.84. The first-order chi connectivity index (χ1) is 7.92. The number of halogens is 6. The summed E-state index contributed by atoms with van der Waals surface area (Å²) in [6, 6.07) is 0. The summed E-state index contributed by atoms with van der Waals surface area (Å²) in [5.74, 6) is -4.78. The van der Waals surface area contributed by atoms with Gasteiger partial charge in [0.15, 0.2) is 0 Å². The van der Waals surface area contributed by atoms with Crippen molar-refractivity contribution in [3.63, 3.8) is 0 Å². The van der Waals surface area contributed by atoms with Gasteiger partial charge in [-0.1, -0.05) is 6.58 Å². The quantitative estimate of drug-likeness (QED) is 0.576. The zero-order valence-electron chi connectivity index (χ0n) is 8.41. The predicted molar refractivity (Wildman–Crippen MR) is 43.1 cm³/mol. The van der Waals surface area contributed by atoms with Crippen molar-refractivity contribution in [1.29, 1.82) is 0 Å². The number of rotatable bonds is 1. The Balaban J connectivity index is 3.26. The summed E-state index contributed by atoms with van der Waals surface area (Å²) < 4.78 is 78.0. The van der Waals surface area contributed by atoms with Gasteiger partial charge in [-0.25, -0.2) is 0 Å². The summed E-state index contributed by atoms with van der Waals surface area (Å²) in [4.78, 5) is 21.8. The molecule has 1 unspecified atom stereocenters. The Hall–Kier alpha value is -1.58. The molecule has 1 N–H and O–H groups in total. The average molecular weight is 277 g/mol. The second-order valence-electron chi connectivity index (χ2n) is 3.35. The molecule has 1 fully saturated rings. The molecule has 1 saturated heterocycles. The smallest absolute Gasteiger partial charge is 0.336 e. The molecule has 18 heavy (non-hydrogen) atoms. The highest BCUT2D eigenvalue weighted by atomic mass is 19.4. The van der Waals surface area contributed by atoms with Gasteiger partial charge < -0.3 is 10.1 Å². The third-order valence-electron chi connectivity index (χ3n) is 2.05. The molecule has 1 rings (SSSR count). The van der Waals surface area contributed by atoms with Gasteiger partial charge in [0.2, 0.25) is 0 Å². The predicted octanol–water partition coefficient (Wildman–Crippen LogP) is 1.08. The third kappa shape index (κ3) is 2.19. The topological polar surface area (TPSA) is 55.4 Å². The number of amides is 1. The monoisotopic (exact) mass is 277 g/mol. The Morgan fingerprint density at radius 3 is 2.11 bits per heavy atom. The summed E-state index contributed by atoms with van der Waals surface area (Å²) in [5.41, 5.74) is -4.94. The van der Waals surface area contributed by atoms with E-state index in [1.807, 2.05) is 0 Å². The van der Waals surface area contributed by atoms with Crippen LogP contribution in [0.4, 0.5) is 26.3 Å². The highest BCUT2D eigenvalue weighted by Crippen LogP contribution is 2.39. The first kappa shape index (κ1) is 14.5. The number of carbonyl (C=O) groups is 2. The van der Waals surface area contributed by atoms with Crippen LogP contribution in [-0.2, 0) is 14.3 Å². The lowest BCUT2D eigenvalue weighted by atomic mass is 10.0. The van der Waals surface area contributed by atoms with E-state index in [9.17, 15) is 35.9 Å². The maximum absolute atomic E-state index is 12.6. The molecule has 1 aliphatic heterocycles. The first-order valence-corrected chi connectivity index (χ1v) is 4.24. The minimum atomic E-state index is -5.82. The van der Waals surface area contributed by atoms with Crippen molar-refractivity contribution in [2.75, 3.05) is 6.61 Å². The van der Waals surface area contributed by atoms with Gasteiger partial charge in [0.25, 0.3) is 11.7 Å². The molecule has 0 radical (unpaired) electrons. The number of alkyl halides is 6. The molecule has 0 saturated carbocycles. The fourth-order valence-corrected chi connectivity index (χ4v) is 1.15. The van der Waals surface area contributed by atoms with E-state index < -0.39 is 41.9 Å². The average Bonchev–Trinajstić information content (AvgIpc) is 2.18. The number of Topliss-reactive ketones (excluding diaryl/α,β-unsaturated/α-hetero) is 1. The molecule has 0 aromatic rings. The van der Waals surface area contributed by atoms with Gasteiger partial charge >= 0.3 is 18.1 Å². The molecule has 102 valence electrons. The van der Waals surface area contributed by atoms with Crippen LogP contribution in [0.2, 0.25) is 0 Å². The number of hydrogen-bond acceptors (Lipinski definition) is 3. The van der Waals surface area contributed by atoms with Crippen molar-refractivity contribution in [2.45, 2.75) is 18.1 Å². The molecular weight excluding hydrogens is 272 g/mol. The molecule has 0 bridgehead atoms. The van der Waals surface area contributed by atoms with Gasteiger partial charge in [0, 0.05) is 5.57 Å². The molecule has 1 aliphatic rings. The van der Waals surface area contributed by atoms with Crippen molar-refractivity contribution in [3.8, 4) is 0 Å². The van der Waals surface area contributed by atoms with Crippen LogP contribution in [0.1, 0.15) is 0 Å². The first-order valence-electron chi connectivity index (χ1n) is 4.24. The Morgan fingerprint density at radius 2 is 1.78 bits per heavy atom. The lowest BCUT2D eigenvalue weighted by Gasteiger charge is -2.38. The minimum Gasteiger partial charge on any atom is -0.336 e. The van der Waals surface area contributed by atoms with Gasteiger partial charge in [-0.15, -0.1) is 0 Å². The lowest BCUT2D eigenvalue weighted by Crippen LogP contribution is -2.71. The van der Waals surface area contributed by atoms with E-state index in [1.54, 1.807) is 0 Å². The van der Waals surface area contributed by atoms with Crippen molar-refractivity contribution < 1.29 is 40.7 Å². The Kier molecular flexibility index (Phi) is 3.19. The molecule has 0 spiro atoms. The van der Waals surface area contributed by atoms with Crippen LogP contribution in [0.15, 0.2) is 12.2 Å². The zero-order valence-corrected chi connectivity index (χ0v) is 8.41. The van der Waals surface area contributed by atoms with Crippen molar-refractivity contribution in [1.82, 2.24) is 5.32 Å². The Morgan fingerprint density at radius 1 is 1.28 bits per heavy atom. The maximum atomic E-state index is 12.6. The van der Waals surface area contributed by atoms with Crippen molar-refractivity contribution in [3.05, 3.63) is 12.2 Å². The molecule has 4 nitrogen and oxygen atoms in total. The number of ketones is 1. The maximum Gasteiger partial charge on any atom is 0.455 e. The van der Waals surface area contributed by atoms with Crippen LogP contribution in [0, 0.1) is 0 Å². The van der Waals surface area contributed by atoms with E-state index in [1.165, 1.54) is 0 Å². The highest BCUT2D eigenvalue weighted by molar-refractivity contribution is 6.01. The van der Waals surface area contributed by atoms with Gasteiger partial charge in [-0.2, -0.15) is 26.3 Å². The van der Waals surface area contributed by atoms with Crippen molar-refractivity contribution in [2.24, 2.45) is 0 Å². The molecular formula is C8H5F6NO3. The SMILES string of the molecule is C=C1COC(C(=O)C(F)(F)F)(C(F)(F)F)NC1=O. The van der Waals surface area contributed by atoms with E-state index in [-0.39, 0.29) is 0 Å². The Labute approximate surface area is 95.6 Å². The van der Waals surface area contributed by atoms with E-state index in [4.69, 9.17) is 0 Å². The third-order valence-corrected chi connectivity index (χ3v) is 2.05. The van der Waals surface area contributed by atoms with E-state index in [0.29, 0.717) is 0 Å². The fourth-order valence-electron chi connectivity index (χ4n) is 1.15. The largest absolute Gasteiger partial charge is 0.455 e. The summed E-state index contributed by atoms with van der Waals surface area (Å²) >= 11 is 0. The molecule has 0 aromatic carbocycles. The second-order valence-corrected chi connectivity index (χ2v) is 3.35. The number of ether oxygens (including phenoxy) is 1. The van der Waals surface area contributed by atoms with Gasteiger partial charge in [0.05, 0.1) is 6.61 Å². The molecule has 1 amide bonds. The van der Waals surface area contributed by atoms with Gasteiger partial charge in [0.1, 0.15) is 0 Å². The molecule has 0 aromatic heterocycles. The molecule has 10 heteroatoms.